The minimum absolute atomic E-state index is 0.295. The van der Waals surface area contributed by atoms with Gasteiger partial charge in [0.15, 0.2) is 0 Å². The first-order valence-corrected chi connectivity index (χ1v) is 4.58. The highest BCUT2D eigenvalue weighted by molar-refractivity contribution is 4.78. The average Bonchev–Trinajstić information content (AvgIpc) is 2.05. The summed E-state index contributed by atoms with van der Waals surface area (Å²) in [6.07, 6.45) is 2.42. The van der Waals surface area contributed by atoms with Crippen molar-refractivity contribution in [1.29, 1.82) is 0 Å². The molecule has 0 amide bonds. The Bertz CT molecular complexity index is 114. The van der Waals surface area contributed by atoms with Crippen LogP contribution in [-0.4, -0.2) is 24.3 Å². The van der Waals surface area contributed by atoms with E-state index < -0.39 is 0 Å². The van der Waals surface area contributed by atoms with Gasteiger partial charge >= 0.3 is 0 Å². The Hall–Kier alpha value is -0.0800. The molecule has 0 radical (unpaired) electrons. The van der Waals surface area contributed by atoms with E-state index in [4.69, 9.17) is 5.11 Å². The molecule has 1 fully saturated rings. The molecule has 0 aromatic carbocycles. The Morgan fingerprint density at radius 3 is 2.82 bits per heavy atom. The molecule has 0 spiro atoms. The molecule has 1 saturated heterocycles. The van der Waals surface area contributed by atoms with Crippen molar-refractivity contribution in [2.45, 2.75) is 32.7 Å². The zero-order valence-corrected chi connectivity index (χ0v) is 7.51. The molecule has 1 rings (SSSR count). The van der Waals surface area contributed by atoms with Crippen LogP contribution in [0.25, 0.3) is 0 Å². The van der Waals surface area contributed by atoms with Crippen molar-refractivity contribution in [2.75, 3.05) is 13.2 Å². The number of piperidine rings is 1. The van der Waals surface area contributed by atoms with Crippen LogP contribution >= 0.6 is 0 Å². The predicted octanol–water partition coefficient (Wildman–Crippen LogP) is 1.00. The molecule has 2 N–H and O–H groups in total. The van der Waals surface area contributed by atoms with Gasteiger partial charge in [-0.1, -0.05) is 13.8 Å². The van der Waals surface area contributed by atoms with Gasteiger partial charge in [0.1, 0.15) is 0 Å². The van der Waals surface area contributed by atoms with Gasteiger partial charge in [-0.3, -0.25) is 0 Å². The van der Waals surface area contributed by atoms with Gasteiger partial charge in [-0.2, -0.15) is 0 Å². The fourth-order valence-corrected chi connectivity index (χ4v) is 1.78. The van der Waals surface area contributed by atoms with Crippen molar-refractivity contribution >= 4 is 0 Å². The molecule has 1 aliphatic heterocycles. The lowest BCUT2D eigenvalue weighted by atomic mass is 9.84. The predicted molar refractivity (Wildman–Crippen MR) is 46.4 cm³/mol. The molecule has 0 aliphatic carbocycles. The second kappa shape index (κ2) is 4.07. The summed E-state index contributed by atoms with van der Waals surface area (Å²) < 4.78 is 0. The van der Waals surface area contributed by atoms with Crippen molar-refractivity contribution in [1.82, 2.24) is 5.32 Å². The second-order valence-corrected chi connectivity index (χ2v) is 3.86. The summed E-state index contributed by atoms with van der Waals surface area (Å²) >= 11 is 0. The quantitative estimate of drug-likeness (QED) is 0.627. The Morgan fingerprint density at radius 1 is 1.55 bits per heavy atom. The van der Waals surface area contributed by atoms with Gasteiger partial charge in [0, 0.05) is 6.04 Å². The molecule has 0 aromatic rings. The first-order chi connectivity index (χ1) is 5.24. The number of nitrogens with one attached hydrogen (secondary N) is 1. The minimum atomic E-state index is 0.295. The molecule has 11 heavy (non-hydrogen) atoms. The Morgan fingerprint density at radius 2 is 2.27 bits per heavy atom. The summed E-state index contributed by atoms with van der Waals surface area (Å²) in [6.45, 7) is 5.91. The monoisotopic (exact) mass is 157 g/mol. The van der Waals surface area contributed by atoms with E-state index in [-0.39, 0.29) is 0 Å². The Balaban J connectivity index is 2.33. The van der Waals surface area contributed by atoms with E-state index in [1.807, 2.05) is 0 Å². The van der Waals surface area contributed by atoms with E-state index in [9.17, 15) is 0 Å². The Labute approximate surface area is 69.0 Å². The highest BCUT2D eigenvalue weighted by Crippen LogP contribution is 2.23. The summed E-state index contributed by atoms with van der Waals surface area (Å²) in [5, 5.41) is 12.2. The van der Waals surface area contributed by atoms with Crippen molar-refractivity contribution in [3.05, 3.63) is 0 Å². The average molecular weight is 157 g/mol. The zero-order valence-electron chi connectivity index (χ0n) is 7.51. The maximum atomic E-state index is 8.93. The van der Waals surface area contributed by atoms with Gasteiger partial charge in [0.25, 0.3) is 0 Å². The summed E-state index contributed by atoms with van der Waals surface area (Å²) in [7, 11) is 0. The van der Waals surface area contributed by atoms with Gasteiger partial charge < -0.3 is 10.4 Å². The molecule has 66 valence electrons. The van der Waals surface area contributed by atoms with Gasteiger partial charge in [0.05, 0.1) is 6.61 Å². The van der Waals surface area contributed by atoms with Crippen LogP contribution in [0.4, 0.5) is 0 Å². The molecule has 0 aromatic heterocycles. The van der Waals surface area contributed by atoms with E-state index in [0.717, 1.165) is 24.8 Å². The lowest BCUT2D eigenvalue weighted by Gasteiger charge is -2.31. The highest BCUT2D eigenvalue weighted by atomic mass is 16.3. The van der Waals surface area contributed by atoms with Crippen LogP contribution in [0.3, 0.4) is 0 Å². The molecular formula is C9H19NO. The van der Waals surface area contributed by atoms with E-state index in [1.54, 1.807) is 0 Å². The minimum Gasteiger partial charge on any atom is -0.395 e. The third-order valence-corrected chi connectivity index (χ3v) is 2.70. The molecule has 0 unspecified atom stereocenters. The third kappa shape index (κ3) is 2.46. The smallest absolute Gasteiger partial charge is 0.0584 e. The lowest BCUT2D eigenvalue weighted by molar-refractivity contribution is 0.171. The fraction of sp³-hybridized carbons (Fsp3) is 1.00. The van der Waals surface area contributed by atoms with Crippen LogP contribution in [0, 0.1) is 11.8 Å². The number of aliphatic hydroxyl groups is 1. The van der Waals surface area contributed by atoms with Crippen LogP contribution in [0.1, 0.15) is 26.7 Å². The molecule has 2 nitrogen and oxygen atoms in total. The van der Waals surface area contributed by atoms with Crippen LogP contribution in [-0.2, 0) is 0 Å². The van der Waals surface area contributed by atoms with Crippen LogP contribution in [0.5, 0.6) is 0 Å². The topological polar surface area (TPSA) is 32.3 Å². The molecule has 1 heterocycles. The Kier molecular flexibility index (Phi) is 3.34. The molecule has 2 heteroatoms. The molecule has 0 saturated carbocycles. The third-order valence-electron chi connectivity index (χ3n) is 2.70. The van der Waals surface area contributed by atoms with Crippen molar-refractivity contribution in [3.8, 4) is 0 Å². The lowest BCUT2D eigenvalue weighted by Crippen LogP contribution is -2.41. The molecule has 2 atom stereocenters. The van der Waals surface area contributed by atoms with Gasteiger partial charge in [-0.25, -0.2) is 0 Å². The van der Waals surface area contributed by atoms with Crippen molar-refractivity contribution < 1.29 is 5.11 Å². The number of hydrogen-bond donors (Lipinski definition) is 2. The standard InChI is InChI=1S/C9H19NO/c1-7(2)8-3-4-10-9(5-8)6-11/h7-11H,3-6H2,1-2H3/t8-,9-/m1/s1. The first-order valence-electron chi connectivity index (χ1n) is 4.58. The largest absolute Gasteiger partial charge is 0.395 e. The van der Waals surface area contributed by atoms with Crippen LogP contribution in [0.15, 0.2) is 0 Å². The van der Waals surface area contributed by atoms with E-state index >= 15 is 0 Å². The van der Waals surface area contributed by atoms with Crippen LogP contribution in [0.2, 0.25) is 0 Å². The van der Waals surface area contributed by atoms with Crippen LogP contribution < -0.4 is 5.32 Å². The summed E-state index contributed by atoms with van der Waals surface area (Å²) in [6, 6.07) is 0.358. The maximum Gasteiger partial charge on any atom is 0.0584 e. The van der Waals surface area contributed by atoms with Crippen molar-refractivity contribution in [3.63, 3.8) is 0 Å². The first kappa shape index (κ1) is 9.01. The fourth-order valence-electron chi connectivity index (χ4n) is 1.78. The maximum absolute atomic E-state index is 8.93. The summed E-state index contributed by atoms with van der Waals surface area (Å²) in [4.78, 5) is 0. The molecule has 0 bridgehead atoms. The van der Waals surface area contributed by atoms with Gasteiger partial charge in [-0.05, 0) is 31.2 Å². The van der Waals surface area contributed by atoms with E-state index in [2.05, 4.69) is 19.2 Å². The molecular weight excluding hydrogens is 138 g/mol. The van der Waals surface area contributed by atoms with E-state index in [1.165, 1.54) is 6.42 Å². The SMILES string of the molecule is CC(C)[C@@H]1CCN[C@@H](CO)C1. The van der Waals surface area contributed by atoms with Gasteiger partial charge in [-0.15, -0.1) is 0 Å². The summed E-state index contributed by atoms with van der Waals surface area (Å²) in [5.41, 5.74) is 0. The van der Waals surface area contributed by atoms with Crippen molar-refractivity contribution in [2.24, 2.45) is 11.8 Å². The summed E-state index contributed by atoms with van der Waals surface area (Å²) in [5.74, 6) is 1.58. The number of hydrogen-bond acceptors (Lipinski definition) is 2. The number of rotatable bonds is 2. The second-order valence-electron chi connectivity index (χ2n) is 3.86. The number of aliphatic hydroxyl groups excluding tert-OH is 1. The normalized spacial score (nSPS) is 32.7. The van der Waals surface area contributed by atoms with Gasteiger partial charge in [0.2, 0.25) is 0 Å². The molecule has 1 aliphatic rings. The van der Waals surface area contributed by atoms with E-state index in [0.29, 0.717) is 12.6 Å². The zero-order chi connectivity index (χ0) is 8.27. The highest BCUT2D eigenvalue weighted by Gasteiger charge is 2.22.